The third kappa shape index (κ3) is 4.57. The highest BCUT2D eigenvalue weighted by Crippen LogP contribution is 2.53. The number of hydrogen-bond donors (Lipinski definition) is 0. The summed E-state index contributed by atoms with van der Waals surface area (Å²) in [5, 5.41) is 0. The molecule has 140 valence electrons. The summed E-state index contributed by atoms with van der Waals surface area (Å²) >= 11 is 0. The van der Waals surface area contributed by atoms with E-state index in [2.05, 4.69) is 20.8 Å². The zero-order chi connectivity index (χ0) is 16.9. The van der Waals surface area contributed by atoms with Crippen molar-refractivity contribution in [1.82, 2.24) is 0 Å². The highest BCUT2D eigenvalue weighted by atomic mass is 16.5. The van der Waals surface area contributed by atoms with Crippen molar-refractivity contribution in [2.75, 3.05) is 0 Å². The summed E-state index contributed by atoms with van der Waals surface area (Å²) in [6.45, 7) is 7.00. The molecule has 0 aromatic rings. The Kier molecular flexibility index (Phi) is 7.07. The molecule has 1 nitrogen and oxygen atoms in total. The van der Waals surface area contributed by atoms with E-state index in [0.29, 0.717) is 12.2 Å². The van der Waals surface area contributed by atoms with Crippen LogP contribution in [0.25, 0.3) is 0 Å². The van der Waals surface area contributed by atoms with Crippen molar-refractivity contribution in [2.45, 2.75) is 116 Å². The van der Waals surface area contributed by atoms with Gasteiger partial charge in [0.05, 0.1) is 12.2 Å². The lowest BCUT2D eigenvalue weighted by Crippen LogP contribution is -2.43. The van der Waals surface area contributed by atoms with Crippen molar-refractivity contribution < 1.29 is 4.74 Å². The maximum absolute atomic E-state index is 6.46. The monoisotopic (exact) mass is 334 g/mol. The van der Waals surface area contributed by atoms with E-state index >= 15 is 0 Å². The van der Waals surface area contributed by atoms with Gasteiger partial charge in [0.2, 0.25) is 0 Å². The van der Waals surface area contributed by atoms with Gasteiger partial charge in [-0.3, -0.25) is 0 Å². The van der Waals surface area contributed by atoms with Crippen molar-refractivity contribution in [2.24, 2.45) is 29.6 Å². The average molecular weight is 335 g/mol. The minimum Gasteiger partial charge on any atom is -0.375 e. The van der Waals surface area contributed by atoms with Crippen LogP contribution < -0.4 is 0 Å². The number of fused-ring (bicyclic) bond motifs is 3. The molecule has 0 aliphatic heterocycles. The quantitative estimate of drug-likeness (QED) is 0.456. The Hall–Kier alpha value is -0.0400. The van der Waals surface area contributed by atoms with E-state index in [4.69, 9.17) is 4.74 Å². The molecule has 0 radical (unpaired) electrons. The summed E-state index contributed by atoms with van der Waals surface area (Å²) in [4.78, 5) is 0. The molecule has 3 fully saturated rings. The van der Waals surface area contributed by atoms with Gasteiger partial charge in [0.25, 0.3) is 0 Å². The Balaban J connectivity index is 1.46. The molecule has 3 aliphatic rings. The first-order valence-electron chi connectivity index (χ1n) is 11.4. The van der Waals surface area contributed by atoms with Gasteiger partial charge in [0.15, 0.2) is 0 Å². The smallest absolute Gasteiger partial charge is 0.0581 e. The Morgan fingerprint density at radius 2 is 1.54 bits per heavy atom. The first kappa shape index (κ1) is 18.7. The Morgan fingerprint density at radius 3 is 2.25 bits per heavy atom. The first-order chi connectivity index (χ1) is 11.7. The van der Waals surface area contributed by atoms with Crippen LogP contribution in [-0.2, 0) is 4.74 Å². The van der Waals surface area contributed by atoms with Crippen LogP contribution in [0.15, 0.2) is 0 Å². The van der Waals surface area contributed by atoms with E-state index < -0.39 is 0 Å². The second-order valence-corrected chi connectivity index (χ2v) is 9.39. The van der Waals surface area contributed by atoms with Gasteiger partial charge in [-0.2, -0.15) is 0 Å². The van der Waals surface area contributed by atoms with E-state index in [0.717, 1.165) is 29.6 Å². The molecule has 0 bridgehead atoms. The lowest BCUT2D eigenvalue weighted by molar-refractivity contribution is -0.0772. The summed E-state index contributed by atoms with van der Waals surface area (Å²) in [6, 6.07) is 0. The Bertz CT molecular complexity index is 365. The molecule has 0 aromatic carbocycles. The van der Waals surface area contributed by atoms with Gasteiger partial charge in [-0.15, -0.1) is 0 Å². The molecular weight excluding hydrogens is 292 g/mol. The molecule has 7 unspecified atom stereocenters. The van der Waals surface area contributed by atoms with E-state index in [-0.39, 0.29) is 0 Å². The summed E-state index contributed by atoms with van der Waals surface area (Å²) in [5.41, 5.74) is 0. The number of hydrogen-bond acceptors (Lipinski definition) is 1. The summed E-state index contributed by atoms with van der Waals surface area (Å²) in [5.74, 6) is 5.25. The van der Waals surface area contributed by atoms with Crippen molar-refractivity contribution >= 4 is 0 Å². The molecule has 3 rings (SSSR count). The maximum atomic E-state index is 6.46. The van der Waals surface area contributed by atoms with Crippen LogP contribution >= 0.6 is 0 Å². The Labute approximate surface area is 151 Å². The third-order valence-corrected chi connectivity index (χ3v) is 7.82. The van der Waals surface area contributed by atoms with Crippen LogP contribution in [0.4, 0.5) is 0 Å². The SMILES string of the molecule is CCCCCC(C)OC1CCC2C(CCC3CC(CC)CCC32)C1. The van der Waals surface area contributed by atoms with Crippen LogP contribution in [0.2, 0.25) is 0 Å². The van der Waals surface area contributed by atoms with Crippen LogP contribution in [0.1, 0.15) is 104 Å². The van der Waals surface area contributed by atoms with Gasteiger partial charge in [-0.25, -0.2) is 0 Å². The largest absolute Gasteiger partial charge is 0.375 e. The second-order valence-electron chi connectivity index (χ2n) is 9.39. The summed E-state index contributed by atoms with van der Waals surface area (Å²) in [6.07, 6.45) is 19.6. The van der Waals surface area contributed by atoms with E-state index in [1.54, 1.807) is 12.8 Å². The molecule has 0 heterocycles. The molecule has 0 amide bonds. The van der Waals surface area contributed by atoms with Crippen molar-refractivity contribution in [3.05, 3.63) is 0 Å². The zero-order valence-electron chi connectivity index (χ0n) is 16.6. The van der Waals surface area contributed by atoms with Gasteiger partial charge < -0.3 is 4.74 Å². The average Bonchev–Trinajstić information content (AvgIpc) is 2.61. The molecule has 0 N–H and O–H groups in total. The van der Waals surface area contributed by atoms with E-state index in [1.807, 2.05) is 0 Å². The van der Waals surface area contributed by atoms with Gasteiger partial charge >= 0.3 is 0 Å². The fraction of sp³-hybridized carbons (Fsp3) is 1.00. The van der Waals surface area contributed by atoms with E-state index in [1.165, 1.54) is 70.6 Å². The predicted molar refractivity (Wildman–Crippen MR) is 103 cm³/mol. The fourth-order valence-electron chi connectivity index (χ4n) is 6.42. The van der Waals surface area contributed by atoms with Crippen LogP contribution in [0.5, 0.6) is 0 Å². The van der Waals surface area contributed by atoms with Crippen LogP contribution in [0.3, 0.4) is 0 Å². The number of rotatable bonds is 7. The lowest BCUT2D eigenvalue weighted by Gasteiger charge is -2.50. The molecule has 3 aliphatic carbocycles. The van der Waals surface area contributed by atoms with Gasteiger partial charge in [-0.1, -0.05) is 46.0 Å². The zero-order valence-corrected chi connectivity index (χ0v) is 16.6. The standard InChI is InChI=1S/C23H42O/c1-4-6-7-8-17(3)24-21-12-14-23-20(16-21)11-10-19-15-18(5-2)9-13-22(19)23/h17-23H,4-16H2,1-3H3. The minimum absolute atomic E-state index is 0.481. The number of ether oxygens (including phenoxy) is 1. The second kappa shape index (κ2) is 9.06. The molecule has 7 atom stereocenters. The number of unbranched alkanes of at least 4 members (excludes halogenated alkanes) is 2. The molecule has 0 aromatic heterocycles. The van der Waals surface area contributed by atoms with Gasteiger partial charge in [0, 0.05) is 0 Å². The summed E-state index contributed by atoms with van der Waals surface area (Å²) < 4.78 is 6.46. The highest BCUT2D eigenvalue weighted by molar-refractivity contribution is 4.94. The van der Waals surface area contributed by atoms with Crippen molar-refractivity contribution in [3.63, 3.8) is 0 Å². The van der Waals surface area contributed by atoms with Crippen LogP contribution in [0, 0.1) is 29.6 Å². The first-order valence-corrected chi connectivity index (χ1v) is 11.4. The third-order valence-electron chi connectivity index (χ3n) is 7.82. The predicted octanol–water partition coefficient (Wildman–Crippen LogP) is 6.99. The molecule has 0 saturated heterocycles. The van der Waals surface area contributed by atoms with Gasteiger partial charge in [-0.05, 0) is 87.9 Å². The normalized spacial score (nSPS) is 40.6. The lowest BCUT2D eigenvalue weighted by atomic mass is 9.56. The van der Waals surface area contributed by atoms with Crippen LogP contribution in [-0.4, -0.2) is 12.2 Å². The van der Waals surface area contributed by atoms with Crippen molar-refractivity contribution in [1.29, 1.82) is 0 Å². The highest BCUT2D eigenvalue weighted by Gasteiger charge is 2.44. The molecule has 24 heavy (non-hydrogen) atoms. The molecule has 1 heteroatoms. The summed E-state index contributed by atoms with van der Waals surface area (Å²) in [7, 11) is 0. The minimum atomic E-state index is 0.481. The topological polar surface area (TPSA) is 9.23 Å². The van der Waals surface area contributed by atoms with Crippen molar-refractivity contribution in [3.8, 4) is 0 Å². The molecule has 0 spiro atoms. The van der Waals surface area contributed by atoms with E-state index in [9.17, 15) is 0 Å². The maximum Gasteiger partial charge on any atom is 0.0581 e. The molecule has 3 saturated carbocycles. The fourth-order valence-corrected chi connectivity index (χ4v) is 6.42. The van der Waals surface area contributed by atoms with Gasteiger partial charge in [0.1, 0.15) is 0 Å². The Morgan fingerprint density at radius 1 is 0.833 bits per heavy atom. The molecular formula is C23H42O.